The maximum atomic E-state index is 13.3. The molecular weight excluding hydrogens is 419 g/mol. The van der Waals surface area contributed by atoms with Crippen LogP contribution in [0.2, 0.25) is 0 Å². The predicted molar refractivity (Wildman–Crippen MR) is 117 cm³/mol. The standard InChI is InChI=1S/C23H29FN2O4S/c1-17(18-8-12-21(30-2)13-9-18)25-23(27)16-26(20-6-4-3-5-7-20)31(28,29)22-14-10-19(24)11-15-22/h8-15,17,20H,3-7,16H2,1-2H3,(H,25,27). The molecule has 2 aromatic carbocycles. The van der Waals surface area contributed by atoms with Crippen LogP contribution in [0, 0.1) is 5.82 Å². The van der Waals surface area contributed by atoms with E-state index in [9.17, 15) is 17.6 Å². The molecule has 6 nitrogen and oxygen atoms in total. The lowest BCUT2D eigenvalue weighted by Crippen LogP contribution is -2.47. The third-order valence-corrected chi connectivity index (χ3v) is 7.61. The molecule has 0 aromatic heterocycles. The normalized spacial score (nSPS) is 16.1. The van der Waals surface area contributed by atoms with Crippen LogP contribution in [0.5, 0.6) is 5.75 Å². The summed E-state index contributed by atoms with van der Waals surface area (Å²) in [5, 5.41) is 2.89. The number of hydrogen-bond donors (Lipinski definition) is 1. The van der Waals surface area contributed by atoms with E-state index in [2.05, 4.69) is 5.32 Å². The molecule has 1 aliphatic carbocycles. The van der Waals surface area contributed by atoms with Crippen LogP contribution >= 0.6 is 0 Å². The van der Waals surface area contributed by atoms with Crippen molar-refractivity contribution < 1.29 is 22.3 Å². The number of carbonyl (C=O) groups is 1. The summed E-state index contributed by atoms with van der Waals surface area (Å²) < 4.78 is 46.4. The first kappa shape index (κ1) is 23.2. The zero-order valence-corrected chi connectivity index (χ0v) is 18.7. The third-order valence-electron chi connectivity index (χ3n) is 5.69. The number of ether oxygens (including phenoxy) is 1. The highest BCUT2D eigenvalue weighted by atomic mass is 32.2. The minimum absolute atomic E-state index is 0.00419. The lowest BCUT2D eigenvalue weighted by molar-refractivity contribution is -0.122. The monoisotopic (exact) mass is 448 g/mol. The zero-order valence-electron chi connectivity index (χ0n) is 17.9. The van der Waals surface area contributed by atoms with Crippen molar-refractivity contribution in [3.05, 3.63) is 59.9 Å². The largest absolute Gasteiger partial charge is 0.497 e. The molecule has 1 atom stereocenters. The van der Waals surface area contributed by atoms with E-state index in [0.29, 0.717) is 12.8 Å². The van der Waals surface area contributed by atoms with Crippen LogP contribution in [0.25, 0.3) is 0 Å². The van der Waals surface area contributed by atoms with Crippen molar-refractivity contribution in [2.75, 3.05) is 13.7 Å². The van der Waals surface area contributed by atoms with Crippen LogP contribution in [-0.4, -0.2) is 38.3 Å². The fourth-order valence-electron chi connectivity index (χ4n) is 3.93. The van der Waals surface area contributed by atoms with E-state index in [1.165, 1.54) is 16.4 Å². The van der Waals surface area contributed by atoms with Gasteiger partial charge in [0.15, 0.2) is 0 Å². The van der Waals surface area contributed by atoms with Crippen LogP contribution in [0.1, 0.15) is 50.6 Å². The molecule has 3 rings (SSSR count). The number of hydrogen-bond acceptors (Lipinski definition) is 4. The van der Waals surface area contributed by atoms with Crippen LogP contribution in [0.3, 0.4) is 0 Å². The Balaban J connectivity index is 1.77. The lowest BCUT2D eigenvalue weighted by atomic mass is 9.95. The maximum Gasteiger partial charge on any atom is 0.243 e. The molecule has 0 aliphatic heterocycles. The highest BCUT2D eigenvalue weighted by Gasteiger charge is 2.34. The highest BCUT2D eigenvalue weighted by Crippen LogP contribution is 2.28. The Morgan fingerprint density at radius 1 is 1.10 bits per heavy atom. The molecule has 31 heavy (non-hydrogen) atoms. The van der Waals surface area contributed by atoms with Gasteiger partial charge in [-0.25, -0.2) is 12.8 Å². The van der Waals surface area contributed by atoms with Gasteiger partial charge in [-0.3, -0.25) is 4.79 Å². The van der Waals surface area contributed by atoms with Gasteiger partial charge >= 0.3 is 0 Å². The van der Waals surface area contributed by atoms with Gasteiger partial charge < -0.3 is 10.1 Å². The second-order valence-corrected chi connectivity index (χ2v) is 9.75. The average Bonchev–Trinajstić information content (AvgIpc) is 2.78. The van der Waals surface area contributed by atoms with E-state index in [1.54, 1.807) is 7.11 Å². The van der Waals surface area contributed by atoms with Gasteiger partial charge in [-0.05, 0) is 61.7 Å². The first-order valence-corrected chi connectivity index (χ1v) is 12.0. The van der Waals surface area contributed by atoms with E-state index >= 15 is 0 Å². The van der Waals surface area contributed by atoms with Gasteiger partial charge in [0, 0.05) is 6.04 Å². The summed E-state index contributed by atoms with van der Waals surface area (Å²) in [5.41, 5.74) is 0.889. The summed E-state index contributed by atoms with van der Waals surface area (Å²) in [7, 11) is -2.35. The molecule has 1 fully saturated rings. The molecule has 0 saturated heterocycles. The van der Waals surface area contributed by atoms with Gasteiger partial charge in [0.05, 0.1) is 24.6 Å². The third kappa shape index (κ3) is 5.83. The molecule has 1 aliphatic rings. The molecule has 8 heteroatoms. The summed E-state index contributed by atoms with van der Waals surface area (Å²) in [4.78, 5) is 12.8. The van der Waals surface area contributed by atoms with Crippen molar-refractivity contribution in [1.82, 2.24) is 9.62 Å². The molecule has 1 unspecified atom stereocenters. The zero-order chi connectivity index (χ0) is 22.4. The molecule has 1 amide bonds. The van der Waals surface area contributed by atoms with E-state index < -0.39 is 15.8 Å². The number of nitrogens with zero attached hydrogens (tertiary/aromatic N) is 1. The minimum atomic E-state index is -3.93. The van der Waals surface area contributed by atoms with Gasteiger partial charge in [0.25, 0.3) is 0 Å². The summed E-state index contributed by atoms with van der Waals surface area (Å²) in [6.45, 7) is 1.57. The first-order chi connectivity index (χ1) is 14.8. The number of carbonyl (C=O) groups excluding carboxylic acids is 1. The van der Waals surface area contributed by atoms with Crippen LogP contribution in [0.4, 0.5) is 4.39 Å². The van der Waals surface area contributed by atoms with Crippen molar-refractivity contribution in [2.45, 2.75) is 56.0 Å². The Kier molecular flexibility index (Phi) is 7.67. The lowest BCUT2D eigenvalue weighted by Gasteiger charge is -2.33. The number of amides is 1. The average molecular weight is 449 g/mol. The van der Waals surface area contributed by atoms with E-state index in [1.807, 2.05) is 31.2 Å². The van der Waals surface area contributed by atoms with E-state index in [-0.39, 0.29) is 29.4 Å². The molecule has 2 aromatic rings. The number of nitrogens with one attached hydrogen (secondary N) is 1. The molecule has 0 heterocycles. The minimum Gasteiger partial charge on any atom is -0.497 e. The number of sulfonamides is 1. The van der Waals surface area contributed by atoms with Gasteiger partial charge in [0.2, 0.25) is 15.9 Å². The van der Waals surface area contributed by atoms with Gasteiger partial charge in [-0.15, -0.1) is 0 Å². The van der Waals surface area contributed by atoms with Crippen LogP contribution in [-0.2, 0) is 14.8 Å². The summed E-state index contributed by atoms with van der Waals surface area (Å²) in [5.74, 6) is -0.162. The van der Waals surface area contributed by atoms with Crippen LogP contribution in [0.15, 0.2) is 53.4 Å². The van der Waals surface area contributed by atoms with Crippen molar-refractivity contribution >= 4 is 15.9 Å². The van der Waals surface area contributed by atoms with Gasteiger partial charge in [-0.2, -0.15) is 4.31 Å². The summed E-state index contributed by atoms with van der Waals surface area (Å²) in [6.07, 6.45) is 4.32. The maximum absolute atomic E-state index is 13.3. The van der Waals surface area contributed by atoms with Gasteiger partial charge in [0.1, 0.15) is 11.6 Å². The fraction of sp³-hybridized carbons (Fsp3) is 0.435. The fourth-order valence-corrected chi connectivity index (χ4v) is 5.57. The molecule has 168 valence electrons. The van der Waals surface area contributed by atoms with Crippen molar-refractivity contribution in [3.63, 3.8) is 0 Å². The van der Waals surface area contributed by atoms with Crippen molar-refractivity contribution in [3.8, 4) is 5.75 Å². The second kappa shape index (κ2) is 10.2. The molecule has 0 bridgehead atoms. The Hall–Kier alpha value is -2.45. The Labute approximate surface area is 183 Å². The topological polar surface area (TPSA) is 75.7 Å². The predicted octanol–water partition coefficient (Wildman–Crippen LogP) is 4.04. The van der Waals surface area contributed by atoms with Crippen LogP contribution < -0.4 is 10.1 Å². The smallest absolute Gasteiger partial charge is 0.243 e. The molecular formula is C23H29FN2O4S. The van der Waals surface area contributed by atoms with E-state index in [0.717, 1.165) is 42.7 Å². The number of benzene rings is 2. The quantitative estimate of drug-likeness (QED) is 0.661. The summed E-state index contributed by atoms with van der Waals surface area (Å²) >= 11 is 0. The Bertz CT molecular complexity index is 972. The molecule has 0 radical (unpaired) electrons. The number of methoxy groups -OCH3 is 1. The molecule has 1 saturated carbocycles. The highest BCUT2D eigenvalue weighted by molar-refractivity contribution is 7.89. The summed E-state index contributed by atoms with van der Waals surface area (Å²) in [6, 6.07) is 11.5. The van der Waals surface area contributed by atoms with Gasteiger partial charge in [-0.1, -0.05) is 31.4 Å². The number of rotatable bonds is 8. The number of halogens is 1. The SMILES string of the molecule is COc1ccc(C(C)NC(=O)CN(C2CCCCC2)S(=O)(=O)c2ccc(F)cc2)cc1. The second-order valence-electron chi connectivity index (χ2n) is 7.86. The Morgan fingerprint density at radius 2 is 1.71 bits per heavy atom. The van der Waals surface area contributed by atoms with Crippen molar-refractivity contribution in [1.29, 1.82) is 0 Å². The molecule has 1 N–H and O–H groups in total. The molecule has 0 spiro atoms. The van der Waals surface area contributed by atoms with Crippen molar-refractivity contribution in [2.24, 2.45) is 0 Å². The first-order valence-electron chi connectivity index (χ1n) is 10.5. The van der Waals surface area contributed by atoms with E-state index in [4.69, 9.17) is 4.74 Å². The Morgan fingerprint density at radius 3 is 2.29 bits per heavy atom.